The Balaban J connectivity index is 1.79. The van der Waals surface area contributed by atoms with Gasteiger partial charge in [-0.2, -0.15) is 10.2 Å². The monoisotopic (exact) mass is 381 g/mol. The summed E-state index contributed by atoms with van der Waals surface area (Å²) in [6.07, 6.45) is 2.26. The van der Waals surface area contributed by atoms with Crippen molar-refractivity contribution in [3.05, 3.63) is 48.0 Å². The summed E-state index contributed by atoms with van der Waals surface area (Å²) in [5.74, 6) is 1.79. The highest BCUT2D eigenvalue weighted by Gasteiger charge is 2.22. The molecule has 3 aromatic rings. The summed E-state index contributed by atoms with van der Waals surface area (Å²) in [5.41, 5.74) is 2.79. The van der Waals surface area contributed by atoms with Crippen LogP contribution in [0.4, 0.5) is 10.6 Å². The van der Waals surface area contributed by atoms with E-state index in [1.807, 2.05) is 51.4 Å². The molecule has 8 nitrogen and oxygen atoms in total. The number of amides is 2. The second-order valence-electron chi connectivity index (χ2n) is 7.33. The molecular weight excluding hydrogens is 354 g/mol. The predicted octanol–water partition coefficient (Wildman–Crippen LogP) is 3.43. The van der Waals surface area contributed by atoms with Crippen molar-refractivity contribution in [2.24, 2.45) is 20.0 Å². The molecule has 0 aliphatic rings. The number of carbonyl (C=O) groups excluding carboxylic acids is 1. The third kappa shape index (κ3) is 4.21. The molecule has 0 radical (unpaired) electrons. The zero-order valence-electron chi connectivity index (χ0n) is 17.0. The lowest BCUT2D eigenvalue weighted by molar-refractivity contribution is 0.245. The van der Waals surface area contributed by atoms with E-state index in [9.17, 15) is 4.79 Å². The molecule has 0 saturated carbocycles. The fourth-order valence-electron chi connectivity index (χ4n) is 3.30. The number of aromatic nitrogens is 5. The first-order chi connectivity index (χ1) is 13.4. The maximum Gasteiger partial charge on any atom is 0.320 e. The Labute approximate surface area is 165 Å². The van der Waals surface area contributed by atoms with E-state index in [0.717, 1.165) is 29.1 Å². The molecule has 0 saturated heterocycles. The molecule has 148 valence electrons. The molecule has 2 heterocycles. The number of aryl methyl sites for hydroxylation is 2. The third-order valence-electron chi connectivity index (χ3n) is 4.63. The van der Waals surface area contributed by atoms with Crippen LogP contribution in [-0.4, -0.2) is 30.6 Å². The van der Waals surface area contributed by atoms with Crippen LogP contribution < -0.4 is 10.6 Å². The highest BCUT2D eigenvalue weighted by molar-refractivity contribution is 5.90. The highest BCUT2D eigenvalue weighted by Crippen LogP contribution is 2.27. The number of nitrogens with one attached hydrogen (secondary N) is 2. The Morgan fingerprint density at radius 1 is 1.14 bits per heavy atom. The van der Waals surface area contributed by atoms with E-state index >= 15 is 0 Å². The summed E-state index contributed by atoms with van der Waals surface area (Å²) in [4.78, 5) is 17.0. The molecule has 8 heteroatoms. The van der Waals surface area contributed by atoms with E-state index in [0.29, 0.717) is 11.7 Å². The first kappa shape index (κ1) is 19.6. The lowest BCUT2D eigenvalue weighted by Gasteiger charge is -2.20. The van der Waals surface area contributed by atoms with Crippen LogP contribution in [-0.2, 0) is 14.1 Å². The molecule has 28 heavy (non-hydrogen) atoms. The number of anilines is 1. The van der Waals surface area contributed by atoms with Gasteiger partial charge in [-0.15, -0.1) is 0 Å². The van der Waals surface area contributed by atoms with Gasteiger partial charge < -0.3 is 5.32 Å². The van der Waals surface area contributed by atoms with Crippen molar-refractivity contribution in [2.75, 3.05) is 5.32 Å². The summed E-state index contributed by atoms with van der Waals surface area (Å²) >= 11 is 0. The Morgan fingerprint density at radius 2 is 1.86 bits per heavy atom. The van der Waals surface area contributed by atoms with Crippen LogP contribution >= 0.6 is 0 Å². The number of benzene rings is 1. The van der Waals surface area contributed by atoms with Gasteiger partial charge in [0.1, 0.15) is 18.0 Å². The van der Waals surface area contributed by atoms with Gasteiger partial charge in [-0.3, -0.25) is 14.7 Å². The third-order valence-corrected chi connectivity index (χ3v) is 4.63. The average Bonchev–Trinajstić information content (AvgIpc) is 3.20. The minimum Gasteiger partial charge on any atom is -0.328 e. The Morgan fingerprint density at radius 3 is 2.46 bits per heavy atom. The quantitative estimate of drug-likeness (QED) is 0.684. The van der Waals surface area contributed by atoms with Gasteiger partial charge in [-0.05, 0) is 19.3 Å². The second kappa shape index (κ2) is 8.24. The molecule has 0 bridgehead atoms. The molecule has 1 unspecified atom stereocenters. The van der Waals surface area contributed by atoms with Gasteiger partial charge in [0.05, 0.1) is 11.7 Å². The number of nitrogens with zero attached hydrogens (tertiary/aromatic N) is 5. The lowest BCUT2D eigenvalue weighted by atomic mass is 10.0. The van der Waals surface area contributed by atoms with Gasteiger partial charge in [0.15, 0.2) is 0 Å². The van der Waals surface area contributed by atoms with E-state index in [2.05, 4.69) is 39.7 Å². The number of urea groups is 1. The number of hydrogen-bond donors (Lipinski definition) is 2. The van der Waals surface area contributed by atoms with Gasteiger partial charge >= 0.3 is 6.03 Å². The summed E-state index contributed by atoms with van der Waals surface area (Å²) in [6, 6.07) is 9.41. The molecule has 0 aliphatic carbocycles. The van der Waals surface area contributed by atoms with E-state index in [4.69, 9.17) is 0 Å². The topological polar surface area (TPSA) is 89.7 Å². The molecular formula is C20H27N7O. The van der Waals surface area contributed by atoms with Crippen molar-refractivity contribution < 1.29 is 4.79 Å². The SMILES string of the molecule is Cc1c(-c2ccccc2)nn(C)c1NC(=O)NC(CC(C)C)c1ncnn1C. The molecule has 2 aromatic heterocycles. The van der Waals surface area contributed by atoms with Gasteiger partial charge in [0.25, 0.3) is 0 Å². The first-order valence-electron chi connectivity index (χ1n) is 9.37. The van der Waals surface area contributed by atoms with E-state index < -0.39 is 0 Å². The van der Waals surface area contributed by atoms with Crippen molar-refractivity contribution in [3.8, 4) is 11.3 Å². The normalized spacial score (nSPS) is 12.2. The zero-order valence-corrected chi connectivity index (χ0v) is 17.0. The van der Waals surface area contributed by atoms with Crippen LogP contribution in [0.3, 0.4) is 0 Å². The molecule has 1 aromatic carbocycles. The zero-order chi connectivity index (χ0) is 20.3. The number of hydrogen-bond acceptors (Lipinski definition) is 4. The van der Waals surface area contributed by atoms with Crippen molar-refractivity contribution in [2.45, 2.75) is 33.2 Å². The minimum atomic E-state index is -0.292. The summed E-state index contributed by atoms with van der Waals surface area (Å²) in [6.45, 7) is 6.18. The number of carbonyl (C=O) groups is 1. The van der Waals surface area contributed by atoms with Crippen LogP contribution in [0.15, 0.2) is 36.7 Å². The van der Waals surface area contributed by atoms with Crippen molar-refractivity contribution >= 4 is 11.8 Å². The number of rotatable bonds is 6. The largest absolute Gasteiger partial charge is 0.328 e. The van der Waals surface area contributed by atoms with Gasteiger partial charge in [-0.1, -0.05) is 44.2 Å². The fraction of sp³-hybridized carbons (Fsp3) is 0.400. The van der Waals surface area contributed by atoms with Crippen LogP contribution in [0.5, 0.6) is 0 Å². The summed E-state index contributed by atoms with van der Waals surface area (Å²) < 4.78 is 3.38. The van der Waals surface area contributed by atoms with Crippen LogP contribution in [0, 0.1) is 12.8 Å². The highest BCUT2D eigenvalue weighted by atomic mass is 16.2. The molecule has 2 N–H and O–H groups in total. The van der Waals surface area contributed by atoms with Crippen molar-refractivity contribution in [3.63, 3.8) is 0 Å². The predicted molar refractivity (Wildman–Crippen MR) is 109 cm³/mol. The minimum absolute atomic E-state index is 0.227. The molecule has 1 atom stereocenters. The van der Waals surface area contributed by atoms with Gasteiger partial charge in [0.2, 0.25) is 0 Å². The summed E-state index contributed by atoms with van der Waals surface area (Å²) in [5, 5.41) is 14.7. The van der Waals surface area contributed by atoms with Crippen molar-refractivity contribution in [1.29, 1.82) is 0 Å². The Hall–Kier alpha value is -3.16. The molecule has 0 fully saturated rings. The average molecular weight is 381 g/mol. The maximum atomic E-state index is 12.7. The van der Waals surface area contributed by atoms with Crippen molar-refractivity contribution in [1.82, 2.24) is 29.9 Å². The lowest BCUT2D eigenvalue weighted by Crippen LogP contribution is -2.35. The van der Waals surface area contributed by atoms with Crippen LogP contribution in [0.2, 0.25) is 0 Å². The molecule has 0 aliphatic heterocycles. The van der Waals surface area contributed by atoms with Crippen LogP contribution in [0.25, 0.3) is 11.3 Å². The van der Waals surface area contributed by atoms with Gasteiger partial charge in [0, 0.05) is 25.2 Å². The first-order valence-corrected chi connectivity index (χ1v) is 9.37. The second-order valence-corrected chi connectivity index (χ2v) is 7.33. The smallest absolute Gasteiger partial charge is 0.320 e. The standard InChI is InChI=1S/C20H27N7O/c1-13(2)11-16(19-21-12-22-26(19)4)23-20(28)24-18-14(3)17(25-27(18)5)15-9-7-6-8-10-15/h6-10,12-13,16H,11H2,1-5H3,(H2,23,24,28). The Kier molecular flexibility index (Phi) is 5.77. The van der Waals surface area contributed by atoms with Crippen LogP contribution in [0.1, 0.15) is 37.7 Å². The molecule has 3 rings (SSSR count). The van der Waals surface area contributed by atoms with E-state index in [1.165, 1.54) is 6.33 Å². The molecule has 0 spiro atoms. The Bertz CT molecular complexity index is 943. The molecule has 2 amide bonds. The fourth-order valence-corrected chi connectivity index (χ4v) is 3.30. The van der Waals surface area contributed by atoms with E-state index in [-0.39, 0.29) is 12.1 Å². The van der Waals surface area contributed by atoms with Gasteiger partial charge in [-0.25, -0.2) is 9.78 Å². The van der Waals surface area contributed by atoms with E-state index in [1.54, 1.807) is 9.36 Å². The maximum absolute atomic E-state index is 12.7. The summed E-state index contributed by atoms with van der Waals surface area (Å²) in [7, 11) is 3.65.